The molecule has 0 radical (unpaired) electrons. The first-order chi connectivity index (χ1) is 22.8. The molecule has 1 aliphatic heterocycles. The van der Waals surface area contributed by atoms with E-state index in [0.717, 1.165) is 38.2 Å². The number of aliphatic hydroxyl groups excluding tert-OH is 1. The molecular weight excluding hydrogens is 635 g/mol. The number of ether oxygens (including phenoxy) is 2. The molecule has 4 aromatic carbocycles. The van der Waals surface area contributed by atoms with Crippen molar-refractivity contribution in [3.63, 3.8) is 0 Å². The average Bonchev–Trinajstić information content (AvgIpc) is 3.10. The Kier molecular flexibility index (Phi) is 10.3. The highest BCUT2D eigenvalue weighted by atomic mass is 32.2. The predicted molar refractivity (Wildman–Crippen MR) is 182 cm³/mol. The number of nitrogens with one attached hydrogen (secondary N) is 2. The molecule has 242 valence electrons. The number of nitrogens with zero attached hydrogens (tertiary/aromatic N) is 1. The first kappa shape index (κ1) is 32.8. The van der Waals surface area contributed by atoms with Crippen molar-refractivity contribution in [3.05, 3.63) is 132 Å². The van der Waals surface area contributed by atoms with Crippen LogP contribution in [0.25, 0.3) is 10.9 Å². The van der Waals surface area contributed by atoms with Crippen LogP contribution >= 0.6 is 11.8 Å². The van der Waals surface area contributed by atoms with E-state index in [4.69, 9.17) is 9.47 Å². The SMILES string of the molecule is CC(=O)Nc1ccc(SCC2CC(c3ccc(CO)cc3)OC(c3ccc(CNS(=O)(=O)c4cccc5cccnc45)cc3)O2)cc1. The number of benzene rings is 4. The van der Waals surface area contributed by atoms with Crippen molar-refractivity contribution in [1.82, 2.24) is 9.71 Å². The second kappa shape index (κ2) is 14.8. The number of rotatable bonds is 11. The van der Waals surface area contributed by atoms with Crippen molar-refractivity contribution >= 4 is 44.3 Å². The van der Waals surface area contributed by atoms with Crippen molar-refractivity contribution in [2.75, 3.05) is 11.1 Å². The van der Waals surface area contributed by atoms with Crippen LogP contribution < -0.4 is 10.0 Å². The third kappa shape index (κ3) is 8.25. The molecule has 9 nitrogen and oxygen atoms in total. The van der Waals surface area contributed by atoms with Crippen LogP contribution in [0.1, 0.15) is 48.0 Å². The molecule has 11 heteroatoms. The summed E-state index contributed by atoms with van der Waals surface area (Å²) in [6.45, 7) is 1.56. The van der Waals surface area contributed by atoms with E-state index < -0.39 is 16.3 Å². The molecule has 1 amide bonds. The predicted octanol–water partition coefficient (Wildman–Crippen LogP) is 6.50. The Morgan fingerprint density at radius 2 is 1.60 bits per heavy atom. The van der Waals surface area contributed by atoms with Gasteiger partial charge in [-0.15, -0.1) is 11.8 Å². The van der Waals surface area contributed by atoms with Gasteiger partial charge in [-0.1, -0.05) is 66.7 Å². The average molecular weight is 670 g/mol. The summed E-state index contributed by atoms with van der Waals surface area (Å²) in [4.78, 5) is 16.8. The minimum atomic E-state index is -3.80. The van der Waals surface area contributed by atoms with Gasteiger partial charge < -0.3 is 19.9 Å². The number of carbonyl (C=O) groups is 1. The zero-order valence-corrected chi connectivity index (χ0v) is 27.3. The van der Waals surface area contributed by atoms with Gasteiger partial charge in [-0.3, -0.25) is 9.78 Å². The Morgan fingerprint density at radius 1 is 0.894 bits per heavy atom. The Bertz CT molecular complexity index is 1930. The van der Waals surface area contributed by atoms with E-state index in [9.17, 15) is 18.3 Å². The van der Waals surface area contributed by atoms with Crippen molar-refractivity contribution in [2.45, 2.75) is 54.8 Å². The van der Waals surface area contributed by atoms with Crippen LogP contribution in [0.4, 0.5) is 5.69 Å². The highest BCUT2D eigenvalue weighted by Gasteiger charge is 2.32. The number of para-hydroxylation sites is 1. The number of carbonyl (C=O) groups excluding carboxylic acids is 1. The number of aromatic nitrogens is 1. The van der Waals surface area contributed by atoms with Crippen molar-refractivity contribution in [2.24, 2.45) is 0 Å². The monoisotopic (exact) mass is 669 g/mol. The zero-order chi connectivity index (χ0) is 32.8. The number of aliphatic hydroxyl groups is 1. The molecule has 1 fully saturated rings. The fourth-order valence-corrected chi connectivity index (χ4v) is 7.51. The molecular formula is C36H35N3O6S2. The van der Waals surface area contributed by atoms with Gasteiger partial charge in [0, 0.05) is 53.4 Å². The molecule has 5 aromatic rings. The number of fused-ring (bicyclic) bond motifs is 1. The Labute approximate surface area is 278 Å². The van der Waals surface area contributed by atoms with Gasteiger partial charge in [0.1, 0.15) is 4.90 Å². The lowest BCUT2D eigenvalue weighted by Gasteiger charge is -2.36. The largest absolute Gasteiger partial charge is 0.392 e. The van der Waals surface area contributed by atoms with Crippen LogP contribution in [-0.4, -0.2) is 36.3 Å². The third-order valence-electron chi connectivity index (χ3n) is 7.83. The van der Waals surface area contributed by atoms with Crippen molar-refractivity contribution in [1.29, 1.82) is 0 Å². The van der Waals surface area contributed by atoms with Gasteiger partial charge in [0.2, 0.25) is 15.9 Å². The van der Waals surface area contributed by atoms with E-state index in [2.05, 4.69) is 15.0 Å². The molecule has 2 heterocycles. The molecule has 0 saturated carbocycles. The van der Waals surface area contributed by atoms with E-state index in [0.29, 0.717) is 17.7 Å². The number of thioether (sulfide) groups is 1. The first-order valence-corrected chi connectivity index (χ1v) is 17.7. The summed E-state index contributed by atoms with van der Waals surface area (Å²) < 4.78 is 42.0. The molecule has 1 aromatic heterocycles. The van der Waals surface area contributed by atoms with Crippen molar-refractivity contribution < 1.29 is 27.8 Å². The number of anilines is 1. The highest BCUT2D eigenvalue weighted by molar-refractivity contribution is 7.99. The molecule has 0 spiro atoms. The second-order valence-corrected chi connectivity index (χ2v) is 14.1. The molecule has 3 N–H and O–H groups in total. The molecule has 0 bridgehead atoms. The number of hydrogen-bond acceptors (Lipinski definition) is 8. The van der Waals surface area contributed by atoms with Crippen LogP contribution in [0.3, 0.4) is 0 Å². The van der Waals surface area contributed by atoms with E-state index in [1.54, 1.807) is 36.2 Å². The Balaban J connectivity index is 1.15. The summed E-state index contributed by atoms with van der Waals surface area (Å²) in [7, 11) is -3.80. The quantitative estimate of drug-likeness (QED) is 0.136. The molecule has 47 heavy (non-hydrogen) atoms. The van der Waals surface area contributed by atoms with E-state index >= 15 is 0 Å². The topological polar surface area (TPSA) is 127 Å². The summed E-state index contributed by atoms with van der Waals surface area (Å²) in [5.41, 5.74) is 4.61. The number of hydrogen-bond donors (Lipinski definition) is 3. The molecule has 0 aliphatic carbocycles. The minimum Gasteiger partial charge on any atom is -0.392 e. The number of sulfonamides is 1. The van der Waals surface area contributed by atoms with Crippen LogP contribution in [-0.2, 0) is 37.4 Å². The minimum absolute atomic E-state index is 0.0289. The summed E-state index contributed by atoms with van der Waals surface area (Å²) in [6.07, 6.45) is 1.24. The number of pyridine rings is 1. The van der Waals surface area contributed by atoms with Gasteiger partial charge in [0.15, 0.2) is 6.29 Å². The van der Waals surface area contributed by atoms with Gasteiger partial charge in [-0.2, -0.15) is 0 Å². The molecule has 1 aliphatic rings. The smallest absolute Gasteiger partial charge is 0.243 e. The lowest BCUT2D eigenvalue weighted by atomic mass is 10.0. The van der Waals surface area contributed by atoms with Gasteiger partial charge in [-0.05, 0) is 53.1 Å². The van der Waals surface area contributed by atoms with Gasteiger partial charge >= 0.3 is 0 Å². The van der Waals surface area contributed by atoms with Crippen molar-refractivity contribution in [3.8, 4) is 0 Å². The first-order valence-electron chi connectivity index (χ1n) is 15.2. The zero-order valence-electron chi connectivity index (χ0n) is 25.7. The van der Waals surface area contributed by atoms with Crippen LogP contribution in [0.2, 0.25) is 0 Å². The fraction of sp³-hybridized carbons (Fsp3) is 0.222. The summed E-state index contributed by atoms with van der Waals surface area (Å²) in [5.74, 6) is 0.575. The normalized spacial score (nSPS) is 18.2. The third-order valence-corrected chi connectivity index (χ3v) is 10.4. The Morgan fingerprint density at radius 3 is 2.32 bits per heavy atom. The fourth-order valence-electron chi connectivity index (χ4n) is 5.39. The maximum absolute atomic E-state index is 13.2. The van der Waals surface area contributed by atoms with E-state index in [-0.39, 0.29) is 36.2 Å². The lowest BCUT2D eigenvalue weighted by molar-refractivity contribution is -0.245. The van der Waals surface area contributed by atoms with Gasteiger partial charge in [0.25, 0.3) is 0 Å². The van der Waals surface area contributed by atoms with Crippen LogP contribution in [0.15, 0.2) is 119 Å². The molecule has 3 unspecified atom stereocenters. The van der Waals surface area contributed by atoms with Gasteiger partial charge in [-0.25, -0.2) is 13.1 Å². The van der Waals surface area contributed by atoms with Crippen LogP contribution in [0.5, 0.6) is 0 Å². The molecule has 1 saturated heterocycles. The van der Waals surface area contributed by atoms with Crippen LogP contribution in [0, 0.1) is 0 Å². The van der Waals surface area contributed by atoms with E-state index in [1.165, 1.54) is 6.92 Å². The maximum atomic E-state index is 13.2. The van der Waals surface area contributed by atoms with E-state index in [1.807, 2.05) is 84.9 Å². The molecule has 3 atom stereocenters. The summed E-state index contributed by atoms with van der Waals surface area (Å²) in [5, 5.41) is 13.0. The summed E-state index contributed by atoms with van der Waals surface area (Å²) in [6, 6.07) is 31.7. The maximum Gasteiger partial charge on any atom is 0.243 e. The Hall–Kier alpha value is -4.10. The standard InChI is InChI=1S/C36H35N3O6S2/c1-24(41)39-30-15-17-32(18-16-30)46-23-31-20-33(27-11-9-26(22-40)10-12-27)45-36(44-31)29-13-7-25(8-14-29)21-38-47(42,43)34-6-2-4-28-5-3-19-37-35(28)34/h2-19,31,33,36,38,40H,20-23H2,1H3,(H,39,41). The van der Waals surface area contributed by atoms with Gasteiger partial charge in [0.05, 0.1) is 24.3 Å². The second-order valence-electron chi connectivity index (χ2n) is 11.3. The highest BCUT2D eigenvalue weighted by Crippen LogP contribution is 2.39. The molecule has 6 rings (SSSR count). The summed E-state index contributed by atoms with van der Waals surface area (Å²) >= 11 is 1.67. The number of amides is 1. The lowest BCUT2D eigenvalue weighted by Crippen LogP contribution is -2.31.